The number of hydrogen-bond acceptors (Lipinski definition) is 5. The van der Waals surface area contributed by atoms with Crippen LogP contribution in [0.25, 0.3) is 0 Å². The van der Waals surface area contributed by atoms with Gasteiger partial charge in [0.25, 0.3) is 17.4 Å². The Morgan fingerprint density at radius 3 is 2.29 bits per heavy atom. The average Bonchev–Trinajstić information content (AvgIpc) is 2.52. The van der Waals surface area contributed by atoms with Crippen LogP contribution < -0.4 is 16.2 Å². The maximum atomic E-state index is 11.7. The second-order valence-corrected chi connectivity index (χ2v) is 4.05. The molecule has 2 aromatic rings. The lowest BCUT2D eigenvalue weighted by atomic mass is 10.2. The third-order valence-electron chi connectivity index (χ3n) is 2.55. The molecule has 0 aliphatic rings. The van der Waals surface area contributed by atoms with Crippen LogP contribution in [0.5, 0.6) is 0 Å². The van der Waals surface area contributed by atoms with Crippen LogP contribution in [0.3, 0.4) is 0 Å². The van der Waals surface area contributed by atoms with Gasteiger partial charge in [-0.1, -0.05) is 0 Å². The van der Waals surface area contributed by atoms with Crippen molar-refractivity contribution in [3.8, 4) is 0 Å². The molecule has 8 heteroatoms. The van der Waals surface area contributed by atoms with Crippen LogP contribution in [0, 0.1) is 0 Å². The van der Waals surface area contributed by atoms with Crippen LogP contribution >= 0.6 is 0 Å². The molecule has 0 aliphatic heterocycles. The summed E-state index contributed by atoms with van der Waals surface area (Å²) in [7, 11) is 0. The van der Waals surface area contributed by atoms with Crippen molar-refractivity contribution in [3.05, 3.63) is 58.3 Å². The van der Waals surface area contributed by atoms with Gasteiger partial charge in [0.15, 0.2) is 0 Å². The van der Waals surface area contributed by atoms with E-state index in [-0.39, 0.29) is 30.2 Å². The van der Waals surface area contributed by atoms with Crippen molar-refractivity contribution < 1.29 is 9.59 Å². The summed E-state index contributed by atoms with van der Waals surface area (Å²) in [6.07, 6.45) is 3.05. The van der Waals surface area contributed by atoms with Crippen molar-refractivity contribution in [2.45, 2.75) is 0 Å². The van der Waals surface area contributed by atoms with Crippen molar-refractivity contribution in [3.63, 3.8) is 0 Å². The van der Waals surface area contributed by atoms with Gasteiger partial charge in [0.1, 0.15) is 5.69 Å². The number of H-pyrrole nitrogens is 1. The van der Waals surface area contributed by atoms with E-state index in [1.807, 2.05) is 0 Å². The Morgan fingerprint density at radius 1 is 1.00 bits per heavy atom. The first kappa shape index (κ1) is 14.4. The summed E-state index contributed by atoms with van der Waals surface area (Å²) in [5, 5.41) is 11.0. The summed E-state index contributed by atoms with van der Waals surface area (Å²) in [4.78, 5) is 38.0. The predicted molar refractivity (Wildman–Crippen MR) is 73.8 cm³/mol. The van der Waals surface area contributed by atoms with E-state index in [1.165, 1.54) is 24.5 Å². The van der Waals surface area contributed by atoms with E-state index in [2.05, 4.69) is 25.8 Å². The van der Waals surface area contributed by atoms with Gasteiger partial charge in [-0.15, -0.1) is 0 Å². The highest BCUT2D eigenvalue weighted by atomic mass is 16.2. The van der Waals surface area contributed by atoms with E-state index >= 15 is 0 Å². The molecule has 0 aromatic carbocycles. The summed E-state index contributed by atoms with van der Waals surface area (Å²) in [5.74, 6) is -0.668. The summed E-state index contributed by atoms with van der Waals surface area (Å²) in [6, 6.07) is 5.73. The zero-order valence-electron chi connectivity index (χ0n) is 11.0. The molecule has 8 nitrogen and oxygen atoms in total. The first-order valence-electron chi connectivity index (χ1n) is 6.19. The second kappa shape index (κ2) is 6.94. The Bertz CT molecular complexity index is 663. The minimum absolute atomic E-state index is 0.107. The van der Waals surface area contributed by atoms with E-state index in [9.17, 15) is 14.4 Å². The summed E-state index contributed by atoms with van der Waals surface area (Å²) in [6.45, 7) is 0.521. The smallest absolute Gasteiger partial charge is 0.271 e. The van der Waals surface area contributed by atoms with Gasteiger partial charge < -0.3 is 10.6 Å². The van der Waals surface area contributed by atoms with Crippen molar-refractivity contribution >= 4 is 11.8 Å². The summed E-state index contributed by atoms with van der Waals surface area (Å²) in [5.41, 5.74) is 0.227. The monoisotopic (exact) mass is 287 g/mol. The van der Waals surface area contributed by atoms with Gasteiger partial charge in [-0.2, -0.15) is 5.10 Å². The Labute approximate surface area is 119 Å². The zero-order chi connectivity index (χ0) is 15.1. The topological polar surface area (TPSA) is 117 Å². The van der Waals surface area contributed by atoms with Crippen LogP contribution in [0.15, 0.2) is 41.5 Å². The van der Waals surface area contributed by atoms with Crippen LogP contribution in [0.2, 0.25) is 0 Å². The largest absolute Gasteiger partial charge is 0.350 e. The molecule has 2 amide bonds. The molecule has 0 radical (unpaired) electrons. The van der Waals surface area contributed by atoms with Crippen molar-refractivity contribution in [2.75, 3.05) is 13.1 Å². The molecule has 0 bridgehead atoms. The standard InChI is InChI=1S/C13H13N5O3/c19-11-2-1-10(17-18-11)13(21)16-8-7-15-12(20)9-3-5-14-6-4-9/h1-6H,7-8H2,(H,15,20)(H,16,21)(H,18,19). The van der Waals surface area contributed by atoms with E-state index in [0.29, 0.717) is 5.56 Å². The van der Waals surface area contributed by atoms with Crippen molar-refractivity contribution in [1.82, 2.24) is 25.8 Å². The Morgan fingerprint density at radius 2 is 1.67 bits per heavy atom. The first-order valence-corrected chi connectivity index (χ1v) is 6.19. The Kier molecular flexibility index (Phi) is 4.75. The van der Waals surface area contributed by atoms with Gasteiger partial charge in [-0.25, -0.2) is 5.10 Å². The molecule has 0 unspecified atom stereocenters. The highest BCUT2D eigenvalue weighted by Crippen LogP contribution is 1.94. The first-order chi connectivity index (χ1) is 10.2. The number of rotatable bonds is 5. The van der Waals surface area contributed by atoms with Gasteiger partial charge in [0.2, 0.25) is 0 Å². The van der Waals surface area contributed by atoms with E-state index in [1.54, 1.807) is 12.1 Å². The number of carbonyl (C=O) groups is 2. The fourth-order valence-electron chi connectivity index (χ4n) is 1.52. The number of aromatic amines is 1. The molecule has 108 valence electrons. The highest BCUT2D eigenvalue weighted by molar-refractivity contribution is 5.94. The van der Waals surface area contributed by atoms with Crippen LogP contribution in [0.4, 0.5) is 0 Å². The molecule has 0 atom stereocenters. The van der Waals surface area contributed by atoms with E-state index in [4.69, 9.17) is 0 Å². The minimum Gasteiger partial charge on any atom is -0.350 e. The fourth-order valence-corrected chi connectivity index (χ4v) is 1.52. The lowest BCUT2D eigenvalue weighted by Crippen LogP contribution is -2.35. The molecule has 0 fully saturated rings. The quantitative estimate of drug-likeness (QED) is 0.630. The summed E-state index contributed by atoms with van der Waals surface area (Å²) >= 11 is 0. The maximum absolute atomic E-state index is 11.7. The predicted octanol–water partition coefficient (Wildman–Crippen LogP) is -0.675. The van der Waals surface area contributed by atoms with Crippen LogP contribution in [-0.2, 0) is 0 Å². The molecule has 0 aliphatic carbocycles. The molecule has 2 aromatic heterocycles. The van der Waals surface area contributed by atoms with Gasteiger partial charge >= 0.3 is 0 Å². The molecule has 3 N–H and O–H groups in total. The minimum atomic E-state index is -0.426. The Hall–Kier alpha value is -3.03. The molecule has 0 spiro atoms. The number of carbonyl (C=O) groups excluding carboxylic acids is 2. The number of hydrogen-bond donors (Lipinski definition) is 3. The Balaban J connectivity index is 1.75. The molecule has 2 heterocycles. The normalized spacial score (nSPS) is 9.90. The number of pyridine rings is 1. The average molecular weight is 287 g/mol. The molecule has 2 rings (SSSR count). The van der Waals surface area contributed by atoms with E-state index < -0.39 is 5.91 Å². The van der Waals surface area contributed by atoms with Gasteiger partial charge in [0.05, 0.1) is 0 Å². The zero-order valence-corrected chi connectivity index (χ0v) is 11.0. The van der Waals surface area contributed by atoms with Gasteiger partial charge in [-0.3, -0.25) is 19.4 Å². The molecular weight excluding hydrogens is 274 g/mol. The molecule has 0 saturated heterocycles. The third kappa shape index (κ3) is 4.23. The van der Waals surface area contributed by atoms with Crippen molar-refractivity contribution in [2.24, 2.45) is 0 Å². The van der Waals surface area contributed by atoms with Crippen LogP contribution in [-0.4, -0.2) is 40.1 Å². The third-order valence-corrected chi connectivity index (χ3v) is 2.55. The SMILES string of the molecule is O=C(NCCNC(=O)c1ccc(=O)[nH]n1)c1ccncc1. The maximum Gasteiger partial charge on any atom is 0.271 e. The number of nitrogens with zero attached hydrogens (tertiary/aromatic N) is 2. The number of aromatic nitrogens is 3. The fraction of sp³-hybridized carbons (Fsp3) is 0.154. The number of amides is 2. The lowest BCUT2D eigenvalue weighted by Gasteiger charge is -2.06. The second-order valence-electron chi connectivity index (χ2n) is 4.05. The van der Waals surface area contributed by atoms with Crippen LogP contribution in [0.1, 0.15) is 20.8 Å². The lowest BCUT2D eigenvalue weighted by molar-refractivity contribution is 0.0924. The van der Waals surface area contributed by atoms with E-state index in [0.717, 1.165) is 0 Å². The number of nitrogens with one attached hydrogen (secondary N) is 3. The van der Waals surface area contributed by atoms with Crippen molar-refractivity contribution in [1.29, 1.82) is 0 Å². The highest BCUT2D eigenvalue weighted by Gasteiger charge is 2.07. The molecule has 0 saturated carbocycles. The summed E-state index contributed by atoms with van der Waals surface area (Å²) < 4.78 is 0. The molecular formula is C13H13N5O3. The molecule has 21 heavy (non-hydrogen) atoms. The van der Waals surface area contributed by atoms with Gasteiger partial charge in [-0.05, 0) is 18.2 Å². The van der Waals surface area contributed by atoms with Gasteiger partial charge in [0, 0.05) is 37.1 Å².